The summed E-state index contributed by atoms with van der Waals surface area (Å²) in [5, 5.41) is 21.0. The minimum absolute atomic E-state index is 0. The van der Waals surface area contributed by atoms with Crippen molar-refractivity contribution in [3.8, 4) is 12.3 Å². The Labute approximate surface area is 344 Å². The molecular formula is C34H54ClN6O10PY-2. The van der Waals surface area contributed by atoms with Gasteiger partial charge in [0.15, 0.2) is 8.38 Å². The quantitative estimate of drug-likeness (QED) is 0.0390. The van der Waals surface area contributed by atoms with Gasteiger partial charge in [-0.25, -0.2) is 0 Å². The molecule has 1 radical (unpaired) electrons. The predicted octanol–water partition coefficient (Wildman–Crippen LogP) is 3.24. The van der Waals surface area contributed by atoms with Crippen molar-refractivity contribution in [2.45, 2.75) is 31.7 Å². The number of aromatic nitrogens is 2. The smallest absolute Gasteiger partial charge is 0.192 e. The fourth-order valence-electron chi connectivity index (χ4n) is 4.76. The molecule has 1 aromatic heterocycles. The van der Waals surface area contributed by atoms with E-state index in [1.165, 1.54) is 0 Å². The Hall–Kier alpha value is -1.36. The molecule has 53 heavy (non-hydrogen) atoms. The van der Waals surface area contributed by atoms with Crippen LogP contribution in [0.3, 0.4) is 0 Å². The van der Waals surface area contributed by atoms with Crippen LogP contribution in [0.2, 0.25) is 5.02 Å². The van der Waals surface area contributed by atoms with E-state index >= 15 is 0 Å². The fraction of sp³-hybridized carbons (Fsp3) is 0.647. The number of amidine groups is 1. The molecule has 2 heterocycles. The van der Waals surface area contributed by atoms with Gasteiger partial charge >= 0.3 is 0 Å². The van der Waals surface area contributed by atoms with E-state index in [4.69, 9.17) is 71.4 Å². The van der Waals surface area contributed by atoms with Crippen LogP contribution >= 0.6 is 20.0 Å². The number of benzene rings is 1. The summed E-state index contributed by atoms with van der Waals surface area (Å²) in [5.74, 6) is 2.84. The first kappa shape index (κ1) is 49.7. The molecule has 1 saturated heterocycles. The third kappa shape index (κ3) is 20.9. The maximum Gasteiger partial charge on any atom is 0.192 e. The van der Waals surface area contributed by atoms with Crippen LogP contribution in [0.1, 0.15) is 30.2 Å². The van der Waals surface area contributed by atoms with Crippen LogP contribution in [0, 0.1) is 12.3 Å². The zero-order chi connectivity index (χ0) is 37.8. The predicted molar refractivity (Wildman–Crippen MR) is 200 cm³/mol. The average molecular weight is 862 g/mol. The minimum atomic E-state index is -2.11. The van der Waals surface area contributed by atoms with Crippen molar-refractivity contribution in [1.29, 1.82) is 0 Å². The first-order valence-electron chi connectivity index (χ1n) is 17.0. The molecule has 4 N–H and O–H groups in total. The molecule has 19 heteroatoms. The molecule has 2 atom stereocenters. The SMILES string of the molecule is C#CCOCCOCCOCCOCCN(Cc1ccccc1Cl)C(=[N-])c1cnn(C2CCC(COCP(O)O)O2)c1[N-]C.COCCOCCN.[Y]. The molecule has 0 amide bonds. The van der Waals surface area contributed by atoms with Crippen LogP contribution in [-0.4, -0.2) is 149 Å². The van der Waals surface area contributed by atoms with Crippen molar-refractivity contribution in [3.05, 3.63) is 57.3 Å². The van der Waals surface area contributed by atoms with Crippen LogP contribution in [0.25, 0.3) is 10.7 Å². The van der Waals surface area contributed by atoms with Crippen molar-refractivity contribution in [2.24, 2.45) is 5.73 Å². The zero-order valence-electron chi connectivity index (χ0n) is 30.7. The van der Waals surface area contributed by atoms with Crippen molar-refractivity contribution in [1.82, 2.24) is 14.7 Å². The number of nitrogens with two attached hydrogens (primary N) is 1. The van der Waals surface area contributed by atoms with Crippen LogP contribution in [-0.2, 0) is 77.1 Å². The largest absolute Gasteiger partial charge is 0.467 e. The number of terminal acetylenes is 1. The molecule has 297 valence electrons. The molecule has 1 aliphatic heterocycles. The van der Waals surface area contributed by atoms with Gasteiger partial charge in [0.1, 0.15) is 13.0 Å². The van der Waals surface area contributed by atoms with Gasteiger partial charge in [0.2, 0.25) is 0 Å². The van der Waals surface area contributed by atoms with E-state index in [2.05, 4.69) is 16.3 Å². The second-order valence-electron chi connectivity index (χ2n) is 11.0. The van der Waals surface area contributed by atoms with Gasteiger partial charge in [-0.05, 0) is 48.9 Å². The van der Waals surface area contributed by atoms with Gasteiger partial charge in [0, 0.05) is 64.2 Å². The standard InChI is InChI=1S/C29H41ClN5O8P.C5H13NO2.Y/c1-3-11-38-13-15-40-17-18-41-16-14-39-12-10-34(20-23-6-4-5-7-26(23)30)28(31)25-19-33-35(29(25)32-2)27-9-8-24(43-27)21-42-22-44(36)37;1-7-4-5-8-3-2-6;/h1,4-7,19,24,27,36-37H,8-18,20-22H2,2H3;2-6H2,1H3;/q-2;;. The fourth-order valence-corrected chi connectivity index (χ4v) is 5.22. The van der Waals surface area contributed by atoms with Crippen LogP contribution < -0.4 is 5.73 Å². The first-order chi connectivity index (χ1) is 25.4. The molecule has 3 rings (SSSR count). The summed E-state index contributed by atoms with van der Waals surface area (Å²) in [6.07, 6.45) is 7.32. The summed E-state index contributed by atoms with van der Waals surface area (Å²) < 4.78 is 44.6. The summed E-state index contributed by atoms with van der Waals surface area (Å²) in [5.41, 5.74) is 6.43. The molecule has 1 aromatic carbocycles. The Morgan fingerprint density at radius 3 is 2.30 bits per heavy atom. The monoisotopic (exact) mass is 861 g/mol. The molecule has 0 bridgehead atoms. The molecular weight excluding hydrogens is 808 g/mol. The van der Waals surface area contributed by atoms with E-state index in [9.17, 15) is 5.41 Å². The summed E-state index contributed by atoms with van der Waals surface area (Å²) in [6.45, 7) is 6.61. The molecule has 0 aliphatic carbocycles. The van der Waals surface area contributed by atoms with Gasteiger partial charge < -0.3 is 73.7 Å². The summed E-state index contributed by atoms with van der Waals surface area (Å²) in [4.78, 5) is 19.9. The van der Waals surface area contributed by atoms with Crippen molar-refractivity contribution >= 4 is 31.6 Å². The third-order valence-corrected chi connectivity index (χ3v) is 7.99. The number of nitrogens with zero attached hydrogens (tertiary/aromatic N) is 5. The Balaban J connectivity index is 0.00000140. The second kappa shape index (κ2) is 31.8. The summed E-state index contributed by atoms with van der Waals surface area (Å²) in [7, 11) is 1.16. The maximum absolute atomic E-state index is 11.5. The molecule has 0 spiro atoms. The summed E-state index contributed by atoms with van der Waals surface area (Å²) >= 11 is 6.44. The molecule has 1 fully saturated rings. The van der Waals surface area contributed by atoms with E-state index in [0.29, 0.717) is 115 Å². The Morgan fingerprint density at radius 1 is 1.04 bits per heavy atom. The average Bonchev–Trinajstić information content (AvgIpc) is 3.79. The number of hydrogen-bond donors (Lipinski definition) is 3. The van der Waals surface area contributed by atoms with E-state index in [1.807, 2.05) is 18.2 Å². The van der Waals surface area contributed by atoms with Gasteiger partial charge in [0.25, 0.3) is 0 Å². The van der Waals surface area contributed by atoms with E-state index < -0.39 is 14.6 Å². The maximum atomic E-state index is 11.5. The van der Waals surface area contributed by atoms with Crippen LogP contribution in [0.5, 0.6) is 0 Å². The molecule has 16 nitrogen and oxygen atoms in total. The van der Waals surface area contributed by atoms with Gasteiger partial charge in [-0.15, -0.1) is 6.42 Å². The number of hydrogen-bond acceptors (Lipinski definition) is 12. The Morgan fingerprint density at radius 2 is 1.68 bits per heavy atom. The molecule has 2 aromatic rings. The molecule has 0 saturated carbocycles. The number of methoxy groups -OCH3 is 1. The van der Waals surface area contributed by atoms with E-state index in [0.717, 1.165) is 5.56 Å². The van der Waals surface area contributed by atoms with Gasteiger partial charge in [-0.3, -0.25) is 5.10 Å². The van der Waals surface area contributed by atoms with Crippen molar-refractivity contribution in [2.75, 3.05) is 113 Å². The van der Waals surface area contributed by atoms with Gasteiger partial charge in [0.05, 0.1) is 78.4 Å². The minimum Gasteiger partial charge on any atom is -0.467 e. The van der Waals surface area contributed by atoms with Crippen molar-refractivity contribution in [3.63, 3.8) is 0 Å². The zero-order valence-corrected chi connectivity index (χ0v) is 35.2. The second-order valence-corrected chi connectivity index (χ2v) is 12.4. The normalized spacial score (nSPS) is 15.1. The summed E-state index contributed by atoms with van der Waals surface area (Å²) in [6, 6.07) is 7.45. The van der Waals surface area contributed by atoms with Gasteiger partial charge in [-0.2, -0.15) is 0 Å². The van der Waals surface area contributed by atoms with Crippen LogP contribution in [0.15, 0.2) is 30.5 Å². The number of rotatable bonds is 27. The van der Waals surface area contributed by atoms with Crippen molar-refractivity contribution < 1.29 is 80.4 Å². The molecule has 2 unspecified atom stereocenters. The van der Waals surface area contributed by atoms with Crippen LogP contribution in [0.4, 0.5) is 5.82 Å². The third-order valence-electron chi connectivity index (χ3n) is 7.21. The van der Waals surface area contributed by atoms with Gasteiger partial charge in [-0.1, -0.05) is 48.6 Å². The van der Waals surface area contributed by atoms with E-state index in [1.54, 1.807) is 36.0 Å². The molecule has 1 aliphatic rings. The first-order valence-corrected chi connectivity index (χ1v) is 18.8. The topological polar surface area (TPSA) is 198 Å². The number of ether oxygens (including phenoxy) is 8. The number of halogens is 1. The Bertz CT molecular complexity index is 1270. The van der Waals surface area contributed by atoms with E-state index in [-0.39, 0.29) is 64.2 Å². The Kier molecular flexibility index (Phi) is 29.8.